The minimum absolute atomic E-state index is 0.173. The lowest BCUT2D eigenvalue weighted by Crippen LogP contribution is -2.18. The first-order valence-electron chi connectivity index (χ1n) is 7.11. The van der Waals surface area contributed by atoms with E-state index in [1.165, 1.54) is 27.5 Å². The van der Waals surface area contributed by atoms with Crippen LogP contribution in [-0.2, 0) is 0 Å². The third-order valence-electron chi connectivity index (χ3n) is 3.94. The summed E-state index contributed by atoms with van der Waals surface area (Å²) in [6.07, 6.45) is 0. The zero-order chi connectivity index (χ0) is 14.8. The molecule has 0 aliphatic carbocycles. The van der Waals surface area contributed by atoms with E-state index in [1.54, 1.807) is 0 Å². The maximum Gasteiger partial charge on any atom is 0.0577 e. The van der Waals surface area contributed by atoms with Crippen molar-refractivity contribution < 1.29 is 0 Å². The van der Waals surface area contributed by atoms with Crippen LogP contribution < -0.4 is 5.32 Å². The molecule has 0 saturated carbocycles. The first kappa shape index (κ1) is 14.1. The lowest BCUT2D eigenvalue weighted by atomic mass is 9.93. The molecule has 0 bridgehead atoms. The molecule has 3 aromatic rings. The lowest BCUT2D eigenvalue weighted by Gasteiger charge is -2.20. The highest BCUT2D eigenvalue weighted by molar-refractivity contribution is 6.30. The molecule has 0 aliphatic rings. The van der Waals surface area contributed by atoms with Gasteiger partial charge in [0.1, 0.15) is 0 Å². The van der Waals surface area contributed by atoms with Crippen LogP contribution in [0.3, 0.4) is 0 Å². The average molecular weight is 296 g/mol. The topological polar surface area (TPSA) is 12.0 Å². The highest BCUT2D eigenvalue weighted by Crippen LogP contribution is 2.28. The van der Waals surface area contributed by atoms with Gasteiger partial charge in [-0.2, -0.15) is 0 Å². The van der Waals surface area contributed by atoms with Gasteiger partial charge in [0.15, 0.2) is 0 Å². The molecule has 0 heterocycles. The quantitative estimate of drug-likeness (QED) is 0.708. The Hall–Kier alpha value is -1.83. The number of fused-ring (bicyclic) bond motifs is 1. The Bertz CT molecular complexity index is 779. The number of halogens is 1. The fourth-order valence-corrected chi connectivity index (χ4v) is 3.08. The maximum atomic E-state index is 6.07. The van der Waals surface area contributed by atoms with Gasteiger partial charge in [0.05, 0.1) is 6.04 Å². The smallest absolute Gasteiger partial charge is 0.0577 e. The summed E-state index contributed by atoms with van der Waals surface area (Å²) < 4.78 is 0. The number of aryl methyl sites for hydroxylation is 1. The third kappa shape index (κ3) is 2.80. The minimum Gasteiger partial charge on any atom is -0.309 e. The first-order valence-corrected chi connectivity index (χ1v) is 7.49. The number of hydrogen-bond donors (Lipinski definition) is 1. The Morgan fingerprint density at radius 3 is 2.38 bits per heavy atom. The molecular weight excluding hydrogens is 278 g/mol. The molecule has 106 valence electrons. The summed E-state index contributed by atoms with van der Waals surface area (Å²) >= 11 is 6.07. The predicted octanol–water partition coefficient (Wildman–Crippen LogP) is 5.11. The molecule has 3 aromatic carbocycles. The van der Waals surface area contributed by atoms with Crippen molar-refractivity contribution in [1.29, 1.82) is 0 Å². The van der Waals surface area contributed by atoms with Gasteiger partial charge in [-0.05, 0) is 59.6 Å². The van der Waals surface area contributed by atoms with Gasteiger partial charge >= 0.3 is 0 Å². The van der Waals surface area contributed by atoms with E-state index in [2.05, 4.69) is 60.8 Å². The summed E-state index contributed by atoms with van der Waals surface area (Å²) in [7, 11) is 1.99. The SMILES string of the molecule is CNC(c1ccc2ccccc2c1)c1ccc(Cl)cc1C. The van der Waals surface area contributed by atoms with Crippen molar-refractivity contribution in [2.75, 3.05) is 7.05 Å². The van der Waals surface area contributed by atoms with Gasteiger partial charge in [-0.1, -0.05) is 54.1 Å². The van der Waals surface area contributed by atoms with Gasteiger partial charge < -0.3 is 5.32 Å². The highest BCUT2D eigenvalue weighted by atomic mass is 35.5. The first-order chi connectivity index (χ1) is 10.2. The Kier molecular flexibility index (Phi) is 3.96. The molecule has 1 nitrogen and oxygen atoms in total. The molecule has 0 saturated heterocycles. The fraction of sp³-hybridized carbons (Fsp3) is 0.158. The normalized spacial score (nSPS) is 12.5. The molecule has 2 heteroatoms. The molecule has 21 heavy (non-hydrogen) atoms. The van der Waals surface area contributed by atoms with Crippen molar-refractivity contribution in [3.05, 3.63) is 82.4 Å². The monoisotopic (exact) mass is 295 g/mol. The second-order valence-electron chi connectivity index (χ2n) is 5.33. The van der Waals surface area contributed by atoms with Crippen LogP contribution in [0.4, 0.5) is 0 Å². The second kappa shape index (κ2) is 5.88. The van der Waals surface area contributed by atoms with Crippen LogP contribution in [0.25, 0.3) is 10.8 Å². The van der Waals surface area contributed by atoms with Gasteiger partial charge in [0, 0.05) is 5.02 Å². The molecule has 0 amide bonds. The Morgan fingerprint density at radius 2 is 1.67 bits per heavy atom. The average Bonchev–Trinajstić information content (AvgIpc) is 2.50. The van der Waals surface area contributed by atoms with Crippen molar-refractivity contribution >= 4 is 22.4 Å². The number of hydrogen-bond acceptors (Lipinski definition) is 1. The summed E-state index contributed by atoms with van der Waals surface area (Å²) in [5, 5.41) is 6.73. The van der Waals surface area contributed by atoms with E-state index in [0.717, 1.165) is 5.02 Å². The largest absolute Gasteiger partial charge is 0.309 e. The van der Waals surface area contributed by atoms with Crippen molar-refractivity contribution in [3.63, 3.8) is 0 Å². The van der Waals surface area contributed by atoms with E-state index in [0.29, 0.717) is 0 Å². The van der Waals surface area contributed by atoms with Crippen molar-refractivity contribution in [3.8, 4) is 0 Å². The molecular formula is C19H18ClN. The molecule has 0 fully saturated rings. The highest BCUT2D eigenvalue weighted by Gasteiger charge is 2.14. The zero-order valence-electron chi connectivity index (χ0n) is 12.2. The van der Waals surface area contributed by atoms with E-state index < -0.39 is 0 Å². The van der Waals surface area contributed by atoms with E-state index in [9.17, 15) is 0 Å². The summed E-state index contributed by atoms with van der Waals surface area (Å²) in [5.41, 5.74) is 3.73. The Balaban J connectivity index is 2.09. The number of nitrogens with one attached hydrogen (secondary N) is 1. The summed E-state index contributed by atoms with van der Waals surface area (Å²) in [5.74, 6) is 0. The van der Waals surface area contributed by atoms with Gasteiger partial charge in [-0.25, -0.2) is 0 Å². The molecule has 0 radical (unpaired) electrons. The van der Waals surface area contributed by atoms with Gasteiger partial charge in [-0.3, -0.25) is 0 Å². The molecule has 3 rings (SSSR count). The number of rotatable bonds is 3. The molecule has 1 atom stereocenters. The van der Waals surface area contributed by atoms with Crippen LogP contribution in [0.1, 0.15) is 22.7 Å². The fourth-order valence-electron chi connectivity index (χ4n) is 2.85. The van der Waals surface area contributed by atoms with Crippen LogP contribution in [-0.4, -0.2) is 7.05 Å². The van der Waals surface area contributed by atoms with Crippen LogP contribution in [0.5, 0.6) is 0 Å². The Labute approximate surface area is 130 Å². The van der Waals surface area contributed by atoms with Crippen LogP contribution in [0.15, 0.2) is 60.7 Å². The maximum absolute atomic E-state index is 6.07. The molecule has 0 aliphatic heterocycles. The van der Waals surface area contributed by atoms with Crippen LogP contribution in [0.2, 0.25) is 5.02 Å². The van der Waals surface area contributed by atoms with Gasteiger partial charge in [0.2, 0.25) is 0 Å². The predicted molar refractivity (Wildman–Crippen MR) is 91.0 cm³/mol. The van der Waals surface area contributed by atoms with E-state index in [4.69, 9.17) is 11.6 Å². The molecule has 0 aromatic heterocycles. The molecule has 1 unspecified atom stereocenters. The third-order valence-corrected chi connectivity index (χ3v) is 4.17. The van der Waals surface area contributed by atoms with Crippen molar-refractivity contribution in [2.24, 2.45) is 0 Å². The second-order valence-corrected chi connectivity index (χ2v) is 5.77. The summed E-state index contributed by atoms with van der Waals surface area (Å²) in [6, 6.07) is 21.3. The summed E-state index contributed by atoms with van der Waals surface area (Å²) in [4.78, 5) is 0. The van der Waals surface area contributed by atoms with Crippen LogP contribution in [0, 0.1) is 6.92 Å². The molecule has 0 spiro atoms. The Morgan fingerprint density at radius 1 is 0.905 bits per heavy atom. The summed E-state index contributed by atoms with van der Waals surface area (Å²) in [6.45, 7) is 2.10. The van der Waals surface area contributed by atoms with E-state index in [1.807, 2.05) is 19.2 Å². The van der Waals surface area contributed by atoms with Crippen LogP contribution >= 0.6 is 11.6 Å². The lowest BCUT2D eigenvalue weighted by molar-refractivity contribution is 0.688. The van der Waals surface area contributed by atoms with E-state index >= 15 is 0 Å². The molecule has 1 N–H and O–H groups in total. The standard InChI is InChI=1S/C19H18ClN/c1-13-11-17(20)9-10-18(13)19(21-2)16-8-7-14-5-3-4-6-15(14)12-16/h3-12,19,21H,1-2H3. The minimum atomic E-state index is 0.173. The van der Waals surface area contributed by atoms with Crippen molar-refractivity contribution in [1.82, 2.24) is 5.32 Å². The number of benzene rings is 3. The van der Waals surface area contributed by atoms with E-state index in [-0.39, 0.29) is 6.04 Å². The van der Waals surface area contributed by atoms with Gasteiger partial charge in [0.25, 0.3) is 0 Å². The zero-order valence-corrected chi connectivity index (χ0v) is 13.0. The van der Waals surface area contributed by atoms with Crippen molar-refractivity contribution in [2.45, 2.75) is 13.0 Å². The van der Waals surface area contributed by atoms with Gasteiger partial charge in [-0.15, -0.1) is 0 Å².